The van der Waals surface area contributed by atoms with Gasteiger partial charge in [0.05, 0.1) is 0 Å². The van der Waals surface area contributed by atoms with Gasteiger partial charge in [-0.25, -0.2) is 0 Å². The van der Waals surface area contributed by atoms with E-state index in [1.54, 1.807) is 7.05 Å². The summed E-state index contributed by atoms with van der Waals surface area (Å²) in [4.78, 5) is 11.7. The van der Waals surface area contributed by atoms with E-state index in [0.717, 1.165) is 0 Å². The molecule has 0 aliphatic heterocycles. The average molecular weight is 171 g/mol. The lowest BCUT2D eigenvalue weighted by molar-refractivity contribution is -0.138. The normalized spacial score (nSPS) is 11.8. The Morgan fingerprint density at radius 2 is 2.42 bits per heavy atom. The fourth-order valence-corrected chi connectivity index (χ4v) is 0.722. The molecule has 0 aromatic carbocycles. The lowest BCUT2D eigenvalue weighted by Crippen LogP contribution is -2.30. The number of nitriles is 1. The molecule has 1 atom stereocenters. The Hall–Kier alpha value is -1.28. The fraction of sp³-hybridized carbons (Fsp3) is 0.714. The van der Waals surface area contributed by atoms with Crippen molar-refractivity contribution in [2.75, 3.05) is 13.6 Å². The molecule has 0 amide bonds. The van der Waals surface area contributed by atoms with E-state index < -0.39 is 12.0 Å². The fourth-order valence-electron chi connectivity index (χ4n) is 0.722. The summed E-state index contributed by atoms with van der Waals surface area (Å²) in [6.07, 6.45) is 2.94. The number of nitrogens with zero attached hydrogens (tertiary/aromatic N) is 2. The number of rotatable bonds is 5. The van der Waals surface area contributed by atoms with Crippen LogP contribution in [0.25, 0.3) is 0 Å². The predicted octanol–water partition coefficient (Wildman–Crippen LogP) is -0.409. The van der Waals surface area contributed by atoms with E-state index in [-0.39, 0.29) is 0 Å². The maximum Gasteiger partial charge on any atom is 0.320 e. The summed E-state index contributed by atoms with van der Waals surface area (Å²) >= 11 is 0. The van der Waals surface area contributed by atoms with Gasteiger partial charge < -0.3 is 15.7 Å². The van der Waals surface area contributed by atoms with Crippen LogP contribution < -0.4 is 5.73 Å². The van der Waals surface area contributed by atoms with Crippen LogP contribution in [0.1, 0.15) is 12.8 Å². The molecule has 0 unspecified atom stereocenters. The molecule has 0 aromatic heterocycles. The molecule has 12 heavy (non-hydrogen) atoms. The van der Waals surface area contributed by atoms with E-state index in [2.05, 4.69) is 0 Å². The Balaban J connectivity index is 3.45. The van der Waals surface area contributed by atoms with Crippen molar-refractivity contribution in [3.8, 4) is 6.19 Å². The summed E-state index contributed by atoms with van der Waals surface area (Å²) in [6, 6.07) is -0.808. The van der Waals surface area contributed by atoms with Gasteiger partial charge in [0, 0.05) is 13.6 Å². The van der Waals surface area contributed by atoms with Gasteiger partial charge in [-0.05, 0) is 12.8 Å². The van der Waals surface area contributed by atoms with Crippen LogP contribution in [-0.2, 0) is 4.79 Å². The van der Waals surface area contributed by atoms with Crippen molar-refractivity contribution >= 4 is 5.97 Å². The second kappa shape index (κ2) is 5.38. The molecule has 0 rings (SSSR count). The Labute approximate surface area is 71.4 Å². The third-order valence-electron chi connectivity index (χ3n) is 1.50. The molecule has 0 heterocycles. The first-order valence-corrected chi connectivity index (χ1v) is 3.67. The highest BCUT2D eigenvalue weighted by atomic mass is 16.4. The van der Waals surface area contributed by atoms with Gasteiger partial charge in [0.1, 0.15) is 6.04 Å². The zero-order chi connectivity index (χ0) is 9.56. The van der Waals surface area contributed by atoms with Crippen LogP contribution in [0.2, 0.25) is 0 Å². The van der Waals surface area contributed by atoms with Gasteiger partial charge in [-0.3, -0.25) is 4.79 Å². The number of carbonyl (C=O) groups is 1. The molecule has 5 heteroatoms. The van der Waals surface area contributed by atoms with Crippen molar-refractivity contribution in [3.63, 3.8) is 0 Å². The van der Waals surface area contributed by atoms with E-state index in [4.69, 9.17) is 16.1 Å². The van der Waals surface area contributed by atoms with Gasteiger partial charge in [0.25, 0.3) is 0 Å². The topological polar surface area (TPSA) is 90.4 Å². The average Bonchev–Trinajstić information content (AvgIpc) is 2.03. The molecule has 0 aromatic rings. The van der Waals surface area contributed by atoms with Crippen LogP contribution in [0, 0.1) is 11.5 Å². The largest absolute Gasteiger partial charge is 0.480 e. The molecule has 0 radical (unpaired) electrons. The van der Waals surface area contributed by atoms with E-state index in [0.29, 0.717) is 19.4 Å². The monoisotopic (exact) mass is 171 g/mol. The van der Waals surface area contributed by atoms with Crippen LogP contribution in [-0.4, -0.2) is 35.6 Å². The van der Waals surface area contributed by atoms with Crippen molar-refractivity contribution in [1.82, 2.24) is 4.90 Å². The SMILES string of the molecule is CN(C#N)CCC[C@H](N)C(=O)O. The number of hydrogen-bond acceptors (Lipinski definition) is 4. The van der Waals surface area contributed by atoms with Crippen LogP contribution in [0.15, 0.2) is 0 Å². The molecule has 0 saturated heterocycles. The molecule has 5 nitrogen and oxygen atoms in total. The Morgan fingerprint density at radius 3 is 2.83 bits per heavy atom. The van der Waals surface area contributed by atoms with Gasteiger partial charge in [0.2, 0.25) is 0 Å². The maximum absolute atomic E-state index is 10.2. The lowest BCUT2D eigenvalue weighted by Gasteiger charge is -2.09. The van der Waals surface area contributed by atoms with Crippen molar-refractivity contribution in [1.29, 1.82) is 5.26 Å². The number of hydrogen-bond donors (Lipinski definition) is 2. The molecule has 0 spiro atoms. The van der Waals surface area contributed by atoms with E-state index >= 15 is 0 Å². The predicted molar refractivity (Wildman–Crippen MR) is 43.1 cm³/mol. The van der Waals surface area contributed by atoms with Crippen molar-refractivity contribution in [2.24, 2.45) is 5.73 Å². The molecule has 0 bridgehead atoms. The zero-order valence-corrected chi connectivity index (χ0v) is 7.03. The summed E-state index contributed by atoms with van der Waals surface area (Å²) in [5, 5.41) is 16.7. The number of carboxylic acid groups (broad SMARTS) is 1. The summed E-state index contributed by atoms with van der Waals surface area (Å²) < 4.78 is 0. The first-order chi connectivity index (χ1) is 5.57. The summed E-state index contributed by atoms with van der Waals surface area (Å²) in [7, 11) is 1.65. The Kier molecular flexibility index (Phi) is 4.81. The smallest absolute Gasteiger partial charge is 0.320 e. The third kappa shape index (κ3) is 4.52. The molecule has 0 aliphatic carbocycles. The molecule has 68 valence electrons. The number of aliphatic carboxylic acids is 1. The first-order valence-electron chi connectivity index (χ1n) is 3.67. The zero-order valence-electron chi connectivity index (χ0n) is 7.03. The highest BCUT2D eigenvalue weighted by molar-refractivity contribution is 5.72. The standard InChI is InChI=1S/C7H13N3O2/c1-10(5-8)4-2-3-6(9)7(11)12/h6H,2-4,9H2,1H3,(H,11,12)/t6-/m0/s1. The molecule has 0 saturated carbocycles. The first kappa shape index (κ1) is 10.7. The van der Waals surface area contributed by atoms with E-state index in [1.165, 1.54) is 4.90 Å². The van der Waals surface area contributed by atoms with E-state index in [1.807, 2.05) is 6.19 Å². The summed E-state index contributed by atoms with van der Waals surface area (Å²) in [5.74, 6) is -0.991. The number of nitrogens with two attached hydrogens (primary N) is 1. The third-order valence-corrected chi connectivity index (χ3v) is 1.50. The van der Waals surface area contributed by atoms with Crippen LogP contribution in [0.5, 0.6) is 0 Å². The molecule has 0 fully saturated rings. The minimum Gasteiger partial charge on any atom is -0.480 e. The van der Waals surface area contributed by atoms with E-state index in [9.17, 15) is 4.79 Å². The van der Waals surface area contributed by atoms with Crippen LogP contribution in [0.4, 0.5) is 0 Å². The Bertz CT molecular complexity index is 188. The molecular weight excluding hydrogens is 158 g/mol. The lowest BCUT2D eigenvalue weighted by atomic mass is 10.2. The highest BCUT2D eigenvalue weighted by Crippen LogP contribution is 1.95. The van der Waals surface area contributed by atoms with Gasteiger partial charge in [-0.1, -0.05) is 0 Å². The van der Waals surface area contributed by atoms with Gasteiger partial charge in [-0.15, -0.1) is 0 Å². The van der Waals surface area contributed by atoms with Gasteiger partial charge in [0.15, 0.2) is 6.19 Å². The summed E-state index contributed by atoms with van der Waals surface area (Å²) in [6.45, 7) is 0.553. The molecule has 3 N–H and O–H groups in total. The van der Waals surface area contributed by atoms with Crippen LogP contribution >= 0.6 is 0 Å². The van der Waals surface area contributed by atoms with Gasteiger partial charge in [-0.2, -0.15) is 5.26 Å². The quantitative estimate of drug-likeness (QED) is 0.433. The molecular formula is C7H13N3O2. The minimum absolute atomic E-state index is 0.404. The Morgan fingerprint density at radius 1 is 1.83 bits per heavy atom. The molecule has 0 aliphatic rings. The minimum atomic E-state index is -0.991. The second-order valence-electron chi connectivity index (χ2n) is 2.61. The van der Waals surface area contributed by atoms with Crippen LogP contribution in [0.3, 0.4) is 0 Å². The summed E-state index contributed by atoms with van der Waals surface area (Å²) in [5.41, 5.74) is 5.24. The van der Waals surface area contributed by atoms with Gasteiger partial charge >= 0.3 is 5.97 Å². The second-order valence-corrected chi connectivity index (χ2v) is 2.61. The van der Waals surface area contributed by atoms with Crippen molar-refractivity contribution < 1.29 is 9.90 Å². The van der Waals surface area contributed by atoms with Crippen molar-refractivity contribution in [2.45, 2.75) is 18.9 Å². The highest BCUT2D eigenvalue weighted by Gasteiger charge is 2.10. The number of carboxylic acids is 1. The van der Waals surface area contributed by atoms with Crippen molar-refractivity contribution in [3.05, 3.63) is 0 Å². The maximum atomic E-state index is 10.2.